The zero-order valence-corrected chi connectivity index (χ0v) is 11.0. The van der Waals surface area contributed by atoms with Crippen LogP contribution in [0.2, 0.25) is 0 Å². The molecule has 0 saturated carbocycles. The minimum absolute atomic E-state index is 0.547. The molecule has 1 saturated heterocycles. The third-order valence-electron chi connectivity index (χ3n) is 3.21. The van der Waals surface area contributed by atoms with Crippen molar-refractivity contribution in [2.45, 2.75) is 18.9 Å². The van der Waals surface area contributed by atoms with Crippen LogP contribution in [0.4, 0.5) is 5.69 Å². The molecule has 1 aromatic heterocycles. The van der Waals surface area contributed by atoms with E-state index >= 15 is 0 Å². The number of aromatic nitrogens is 1. The molecule has 3 rings (SSSR count). The molecule has 94 valence electrons. The Morgan fingerprint density at radius 2 is 2.39 bits per heavy atom. The van der Waals surface area contributed by atoms with E-state index in [-0.39, 0.29) is 0 Å². The third kappa shape index (κ3) is 2.71. The molecule has 0 radical (unpaired) electrons. The number of anilines is 1. The van der Waals surface area contributed by atoms with E-state index in [1.165, 1.54) is 24.1 Å². The molecule has 3 nitrogen and oxygen atoms in total. The van der Waals surface area contributed by atoms with Gasteiger partial charge in [0, 0.05) is 35.4 Å². The Kier molecular flexibility index (Phi) is 3.57. The van der Waals surface area contributed by atoms with E-state index in [4.69, 9.17) is 0 Å². The first-order valence-electron chi connectivity index (χ1n) is 6.39. The molecule has 0 aliphatic carbocycles. The van der Waals surface area contributed by atoms with Crippen LogP contribution in [0.3, 0.4) is 0 Å². The number of nitrogens with one attached hydrogen (secondary N) is 2. The second-order valence-electron chi connectivity index (χ2n) is 4.61. The van der Waals surface area contributed by atoms with Gasteiger partial charge in [0.1, 0.15) is 5.01 Å². The molecule has 2 heterocycles. The van der Waals surface area contributed by atoms with Crippen LogP contribution >= 0.6 is 11.3 Å². The van der Waals surface area contributed by atoms with Crippen LogP contribution in [0.25, 0.3) is 10.6 Å². The van der Waals surface area contributed by atoms with Crippen molar-refractivity contribution >= 4 is 17.0 Å². The molecular formula is C14H17N3S. The molecule has 0 amide bonds. The average molecular weight is 259 g/mol. The van der Waals surface area contributed by atoms with Gasteiger partial charge in [-0.15, -0.1) is 11.3 Å². The molecule has 1 unspecified atom stereocenters. The third-order valence-corrected chi connectivity index (χ3v) is 4.03. The van der Waals surface area contributed by atoms with Crippen LogP contribution in [0.5, 0.6) is 0 Å². The smallest absolute Gasteiger partial charge is 0.123 e. The lowest BCUT2D eigenvalue weighted by Gasteiger charge is -2.24. The van der Waals surface area contributed by atoms with Gasteiger partial charge < -0.3 is 10.6 Å². The zero-order chi connectivity index (χ0) is 12.2. The molecule has 1 aliphatic heterocycles. The van der Waals surface area contributed by atoms with Crippen molar-refractivity contribution in [1.82, 2.24) is 10.3 Å². The van der Waals surface area contributed by atoms with Crippen molar-refractivity contribution in [2.75, 3.05) is 18.4 Å². The minimum atomic E-state index is 0.547. The van der Waals surface area contributed by atoms with Crippen molar-refractivity contribution in [3.05, 3.63) is 35.8 Å². The summed E-state index contributed by atoms with van der Waals surface area (Å²) in [5.74, 6) is 0. The standard InChI is InChI=1S/C14H17N3S/c1-3-11(14-16-7-8-18-14)9-12(4-1)17-13-5-2-6-15-10-13/h1,3-4,7-9,13,15,17H,2,5-6,10H2. The highest BCUT2D eigenvalue weighted by Gasteiger charge is 2.12. The largest absolute Gasteiger partial charge is 0.381 e. The maximum Gasteiger partial charge on any atom is 0.123 e. The SMILES string of the molecule is c1cc(NC2CCCNC2)cc(-c2nccs2)c1. The molecule has 1 aliphatic rings. The van der Waals surface area contributed by atoms with Gasteiger partial charge in [-0.05, 0) is 31.5 Å². The first kappa shape index (κ1) is 11.7. The predicted octanol–water partition coefficient (Wildman–Crippen LogP) is 2.97. The summed E-state index contributed by atoms with van der Waals surface area (Å²) in [6.45, 7) is 2.21. The van der Waals surface area contributed by atoms with Crippen LogP contribution in [0.15, 0.2) is 35.8 Å². The Bertz CT molecular complexity index is 490. The van der Waals surface area contributed by atoms with E-state index in [1.54, 1.807) is 11.3 Å². The predicted molar refractivity (Wildman–Crippen MR) is 77.1 cm³/mol. The highest BCUT2D eigenvalue weighted by molar-refractivity contribution is 7.13. The van der Waals surface area contributed by atoms with Gasteiger partial charge >= 0.3 is 0 Å². The first-order valence-corrected chi connectivity index (χ1v) is 7.27. The van der Waals surface area contributed by atoms with Gasteiger partial charge in [-0.1, -0.05) is 12.1 Å². The molecule has 1 atom stereocenters. The lowest BCUT2D eigenvalue weighted by atomic mass is 10.1. The molecule has 4 heteroatoms. The maximum absolute atomic E-state index is 4.35. The summed E-state index contributed by atoms with van der Waals surface area (Å²) in [4.78, 5) is 4.35. The molecule has 18 heavy (non-hydrogen) atoms. The number of piperidine rings is 1. The normalized spacial score (nSPS) is 19.7. The maximum atomic E-state index is 4.35. The fourth-order valence-electron chi connectivity index (χ4n) is 2.32. The Hall–Kier alpha value is -1.39. The number of hydrogen-bond donors (Lipinski definition) is 2. The molecule has 1 fully saturated rings. The van der Waals surface area contributed by atoms with E-state index in [1.807, 2.05) is 11.6 Å². The van der Waals surface area contributed by atoms with Gasteiger partial charge in [0.2, 0.25) is 0 Å². The lowest BCUT2D eigenvalue weighted by Crippen LogP contribution is -2.38. The summed E-state index contributed by atoms with van der Waals surface area (Å²) in [7, 11) is 0. The summed E-state index contributed by atoms with van der Waals surface area (Å²) in [6, 6.07) is 9.07. The first-order chi connectivity index (χ1) is 8.92. The van der Waals surface area contributed by atoms with Crippen molar-refractivity contribution in [2.24, 2.45) is 0 Å². The molecular weight excluding hydrogens is 242 g/mol. The zero-order valence-electron chi connectivity index (χ0n) is 10.2. The van der Waals surface area contributed by atoms with Gasteiger partial charge in [0.15, 0.2) is 0 Å². The number of hydrogen-bond acceptors (Lipinski definition) is 4. The summed E-state index contributed by atoms with van der Waals surface area (Å²) >= 11 is 1.68. The summed E-state index contributed by atoms with van der Waals surface area (Å²) in [5, 5.41) is 10.1. The second-order valence-corrected chi connectivity index (χ2v) is 5.50. The van der Waals surface area contributed by atoms with Crippen molar-refractivity contribution < 1.29 is 0 Å². The van der Waals surface area contributed by atoms with Crippen molar-refractivity contribution in [3.8, 4) is 10.6 Å². The van der Waals surface area contributed by atoms with Gasteiger partial charge in [-0.25, -0.2) is 4.98 Å². The quantitative estimate of drug-likeness (QED) is 0.890. The van der Waals surface area contributed by atoms with Gasteiger partial charge in [-0.3, -0.25) is 0 Å². The monoisotopic (exact) mass is 259 g/mol. The lowest BCUT2D eigenvalue weighted by molar-refractivity contribution is 0.480. The van der Waals surface area contributed by atoms with Crippen LogP contribution in [0.1, 0.15) is 12.8 Å². The van der Waals surface area contributed by atoms with Crippen molar-refractivity contribution in [3.63, 3.8) is 0 Å². The van der Waals surface area contributed by atoms with E-state index in [0.717, 1.165) is 18.1 Å². The summed E-state index contributed by atoms with van der Waals surface area (Å²) in [6.07, 6.45) is 4.35. The van der Waals surface area contributed by atoms with Crippen LogP contribution in [-0.4, -0.2) is 24.1 Å². The van der Waals surface area contributed by atoms with E-state index in [0.29, 0.717) is 6.04 Å². The highest BCUT2D eigenvalue weighted by atomic mass is 32.1. The highest BCUT2D eigenvalue weighted by Crippen LogP contribution is 2.25. The van der Waals surface area contributed by atoms with Gasteiger partial charge in [0.05, 0.1) is 0 Å². The molecule has 2 aromatic rings. The summed E-state index contributed by atoms with van der Waals surface area (Å²) < 4.78 is 0. The molecule has 2 N–H and O–H groups in total. The van der Waals surface area contributed by atoms with Gasteiger partial charge in [-0.2, -0.15) is 0 Å². The minimum Gasteiger partial charge on any atom is -0.381 e. The fourth-order valence-corrected chi connectivity index (χ4v) is 2.95. The van der Waals surface area contributed by atoms with Crippen LogP contribution < -0.4 is 10.6 Å². The Balaban J connectivity index is 1.74. The van der Waals surface area contributed by atoms with Crippen LogP contribution in [0, 0.1) is 0 Å². The number of thiazole rings is 1. The fraction of sp³-hybridized carbons (Fsp3) is 0.357. The summed E-state index contributed by atoms with van der Waals surface area (Å²) in [5.41, 5.74) is 2.38. The molecule has 0 bridgehead atoms. The number of nitrogens with zero attached hydrogens (tertiary/aromatic N) is 1. The Labute approximate surface area is 111 Å². The van der Waals surface area contributed by atoms with E-state index in [9.17, 15) is 0 Å². The van der Waals surface area contributed by atoms with Crippen molar-refractivity contribution in [1.29, 1.82) is 0 Å². The molecule has 0 spiro atoms. The topological polar surface area (TPSA) is 37.0 Å². The van der Waals surface area contributed by atoms with Crippen LogP contribution in [-0.2, 0) is 0 Å². The molecule has 1 aromatic carbocycles. The van der Waals surface area contributed by atoms with Gasteiger partial charge in [0.25, 0.3) is 0 Å². The number of rotatable bonds is 3. The number of benzene rings is 1. The Morgan fingerprint density at radius 1 is 1.39 bits per heavy atom. The van der Waals surface area contributed by atoms with E-state index in [2.05, 4.69) is 39.9 Å². The Morgan fingerprint density at radius 3 is 3.17 bits per heavy atom. The average Bonchev–Trinajstić information content (AvgIpc) is 2.94. The van der Waals surface area contributed by atoms with E-state index < -0.39 is 0 Å². The second kappa shape index (κ2) is 5.50.